The van der Waals surface area contributed by atoms with Crippen LogP contribution in [0.3, 0.4) is 0 Å². The van der Waals surface area contributed by atoms with Gasteiger partial charge < -0.3 is 18.9 Å². The Labute approximate surface area is 260 Å². The number of rotatable bonds is 10. The van der Waals surface area contributed by atoms with Crippen molar-refractivity contribution < 1.29 is 23.7 Å². The van der Waals surface area contributed by atoms with E-state index in [0.717, 1.165) is 20.4 Å². The fourth-order valence-corrected chi connectivity index (χ4v) is 6.26. The predicted molar refractivity (Wildman–Crippen MR) is 170 cm³/mol. The smallest absolute Gasteiger partial charge is 0.337 e. The number of benzene rings is 3. The Hall–Kier alpha value is -3.90. The summed E-state index contributed by atoms with van der Waals surface area (Å²) in [6.45, 7) is 5.15. The molecule has 0 spiro atoms. The van der Waals surface area contributed by atoms with Gasteiger partial charge in [0.1, 0.15) is 12.4 Å². The molecule has 0 saturated heterocycles. The molecule has 216 valence electrons. The monoisotopic (exact) mass is 696 g/mol. The van der Waals surface area contributed by atoms with Crippen LogP contribution in [0, 0.1) is 3.57 Å². The molecule has 4 aromatic rings. The van der Waals surface area contributed by atoms with E-state index in [1.54, 1.807) is 12.1 Å². The summed E-state index contributed by atoms with van der Waals surface area (Å²) < 4.78 is 25.6. The third-order valence-corrected chi connectivity index (χ3v) is 8.34. The second-order valence-corrected chi connectivity index (χ2v) is 11.4. The van der Waals surface area contributed by atoms with Crippen LogP contribution < -0.4 is 29.1 Å². The Bertz CT molecular complexity index is 1810. The molecule has 8 nitrogen and oxygen atoms in total. The summed E-state index contributed by atoms with van der Waals surface area (Å²) in [5.41, 5.74) is 2.60. The zero-order valence-corrected chi connectivity index (χ0v) is 26.3. The van der Waals surface area contributed by atoms with Crippen molar-refractivity contribution in [1.29, 1.82) is 0 Å². The molecule has 2 heterocycles. The lowest BCUT2D eigenvalue weighted by Gasteiger charge is -2.23. The van der Waals surface area contributed by atoms with Crippen LogP contribution in [0.25, 0.3) is 6.08 Å². The molecule has 0 unspecified atom stereocenters. The third kappa shape index (κ3) is 6.29. The molecule has 1 atom stereocenters. The number of hydrogen-bond donors (Lipinski definition) is 0. The standard InChI is InChI=1S/C32H29IN2O6S/c1-4-39-26-14-12-22(17-27(26)40-5-2)29-23(31(37)38-3)18-34-32-35(29)30(36)28(42-32)16-21-11-13-25(24(33)15-21)41-19-20-9-7-6-8-10-20/h6-18,29H,4-5,19H2,1-3H3/b28-16-/t29-/m0/s1. The Morgan fingerprint density at radius 2 is 1.71 bits per heavy atom. The number of nitrogens with zero attached hydrogens (tertiary/aromatic N) is 2. The Morgan fingerprint density at radius 1 is 0.976 bits per heavy atom. The first-order valence-corrected chi connectivity index (χ1v) is 15.3. The lowest BCUT2D eigenvalue weighted by molar-refractivity contribution is -0.136. The van der Waals surface area contributed by atoms with Crippen LogP contribution in [0.1, 0.15) is 36.6 Å². The first-order valence-electron chi connectivity index (χ1n) is 13.4. The van der Waals surface area contributed by atoms with Crippen LogP contribution in [-0.2, 0) is 16.1 Å². The summed E-state index contributed by atoms with van der Waals surface area (Å²) >= 11 is 3.50. The van der Waals surface area contributed by atoms with Crippen molar-refractivity contribution in [1.82, 2.24) is 4.57 Å². The van der Waals surface area contributed by atoms with Gasteiger partial charge in [-0.1, -0.05) is 53.8 Å². The minimum Gasteiger partial charge on any atom is -0.490 e. The molecule has 0 saturated carbocycles. The summed E-state index contributed by atoms with van der Waals surface area (Å²) in [5.74, 6) is 1.32. The number of methoxy groups -OCH3 is 1. The van der Waals surface area contributed by atoms with E-state index in [2.05, 4.69) is 27.6 Å². The average Bonchev–Trinajstić information content (AvgIpc) is 3.32. The molecular weight excluding hydrogens is 667 g/mol. The second-order valence-electron chi connectivity index (χ2n) is 9.21. The van der Waals surface area contributed by atoms with E-state index in [-0.39, 0.29) is 11.1 Å². The van der Waals surface area contributed by atoms with E-state index in [1.807, 2.05) is 74.5 Å². The SMILES string of the molecule is CCOc1ccc([C@H]2C(C(=O)OC)=CN=c3s/c(=C\c4ccc(OCc5ccccc5)c(I)c4)c(=O)n32)cc1OCC. The van der Waals surface area contributed by atoms with Gasteiger partial charge in [0.2, 0.25) is 0 Å². The molecular formula is C32H29IN2O6S. The maximum Gasteiger partial charge on any atom is 0.337 e. The normalized spacial score (nSPS) is 14.4. The van der Waals surface area contributed by atoms with E-state index in [4.69, 9.17) is 18.9 Å². The quantitative estimate of drug-likeness (QED) is 0.172. The van der Waals surface area contributed by atoms with Crippen molar-refractivity contribution in [3.8, 4) is 17.2 Å². The Morgan fingerprint density at radius 3 is 2.43 bits per heavy atom. The fourth-order valence-electron chi connectivity index (χ4n) is 4.60. The average molecular weight is 697 g/mol. The van der Waals surface area contributed by atoms with Gasteiger partial charge in [-0.2, -0.15) is 0 Å². The molecule has 0 amide bonds. The first kappa shape index (κ1) is 29.6. The van der Waals surface area contributed by atoms with E-state index in [0.29, 0.717) is 46.2 Å². The molecule has 42 heavy (non-hydrogen) atoms. The Kier molecular flexibility index (Phi) is 9.43. The van der Waals surface area contributed by atoms with Crippen molar-refractivity contribution in [2.24, 2.45) is 4.99 Å². The van der Waals surface area contributed by atoms with Crippen molar-refractivity contribution >= 4 is 46.0 Å². The molecule has 3 aromatic carbocycles. The zero-order chi connectivity index (χ0) is 29.6. The molecule has 10 heteroatoms. The highest BCUT2D eigenvalue weighted by molar-refractivity contribution is 14.1. The number of carbonyl (C=O) groups is 1. The summed E-state index contributed by atoms with van der Waals surface area (Å²) in [7, 11) is 1.31. The number of hydrogen-bond acceptors (Lipinski definition) is 8. The largest absolute Gasteiger partial charge is 0.490 e. The van der Waals surface area contributed by atoms with E-state index >= 15 is 0 Å². The van der Waals surface area contributed by atoms with Gasteiger partial charge in [-0.15, -0.1) is 0 Å². The minimum atomic E-state index is -0.750. The molecule has 0 radical (unpaired) electrons. The summed E-state index contributed by atoms with van der Waals surface area (Å²) in [5, 5.41) is 0. The number of fused-ring (bicyclic) bond motifs is 1. The molecule has 0 fully saturated rings. The van der Waals surface area contributed by atoms with E-state index < -0.39 is 12.0 Å². The summed E-state index contributed by atoms with van der Waals surface area (Å²) in [6, 6.07) is 20.4. The van der Waals surface area contributed by atoms with Crippen molar-refractivity contribution in [2.75, 3.05) is 20.3 Å². The van der Waals surface area contributed by atoms with Gasteiger partial charge in [-0.05, 0) is 83.5 Å². The molecule has 1 aliphatic heterocycles. The van der Waals surface area contributed by atoms with Crippen molar-refractivity contribution in [3.05, 3.63) is 118 Å². The molecule has 0 bridgehead atoms. The molecule has 0 aliphatic carbocycles. The van der Waals surface area contributed by atoms with Gasteiger partial charge in [0.15, 0.2) is 16.3 Å². The first-order chi connectivity index (χ1) is 20.4. The van der Waals surface area contributed by atoms with Gasteiger partial charge >= 0.3 is 5.97 Å². The Balaban J connectivity index is 1.53. The number of ether oxygens (including phenoxy) is 4. The van der Waals surface area contributed by atoms with Crippen LogP contribution >= 0.6 is 33.9 Å². The van der Waals surface area contributed by atoms with Crippen LogP contribution in [0.15, 0.2) is 88.3 Å². The molecule has 1 aromatic heterocycles. The number of aromatic nitrogens is 1. The van der Waals surface area contributed by atoms with E-state index in [9.17, 15) is 9.59 Å². The van der Waals surface area contributed by atoms with Crippen LogP contribution in [-0.4, -0.2) is 30.9 Å². The van der Waals surface area contributed by atoms with Gasteiger partial charge in [-0.25, -0.2) is 9.79 Å². The lowest BCUT2D eigenvalue weighted by Crippen LogP contribution is -2.39. The van der Waals surface area contributed by atoms with Gasteiger partial charge in [0.25, 0.3) is 5.56 Å². The van der Waals surface area contributed by atoms with Gasteiger partial charge in [0, 0.05) is 6.20 Å². The zero-order valence-electron chi connectivity index (χ0n) is 23.3. The van der Waals surface area contributed by atoms with Gasteiger partial charge in [-0.3, -0.25) is 9.36 Å². The minimum absolute atomic E-state index is 0.248. The number of halogens is 1. The van der Waals surface area contributed by atoms with Crippen LogP contribution in [0.2, 0.25) is 0 Å². The van der Waals surface area contributed by atoms with Crippen LogP contribution in [0.5, 0.6) is 17.2 Å². The topological polar surface area (TPSA) is 88.4 Å². The number of esters is 1. The van der Waals surface area contributed by atoms with E-state index in [1.165, 1.54) is 29.2 Å². The highest BCUT2D eigenvalue weighted by Crippen LogP contribution is 2.35. The molecule has 1 aliphatic rings. The second kappa shape index (κ2) is 13.4. The summed E-state index contributed by atoms with van der Waals surface area (Å²) in [4.78, 5) is 31.6. The number of carbonyl (C=O) groups excluding carboxylic acids is 1. The third-order valence-electron chi connectivity index (χ3n) is 6.50. The van der Waals surface area contributed by atoms with Crippen LogP contribution in [0.4, 0.5) is 0 Å². The highest BCUT2D eigenvalue weighted by atomic mass is 127. The van der Waals surface area contributed by atoms with Gasteiger partial charge in [0.05, 0.1) is 40.0 Å². The number of thiazole rings is 1. The lowest BCUT2D eigenvalue weighted by atomic mass is 9.97. The predicted octanol–water partition coefficient (Wildman–Crippen LogP) is 5.00. The van der Waals surface area contributed by atoms with Crippen molar-refractivity contribution in [3.63, 3.8) is 0 Å². The maximum atomic E-state index is 13.9. The maximum absolute atomic E-state index is 13.9. The highest BCUT2D eigenvalue weighted by Gasteiger charge is 2.31. The summed E-state index contributed by atoms with van der Waals surface area (Å²) in [6.07, 6.45) is 3.31. The fraction of sp³-hybridized carbons (Fsp3) is 0.219. The van der Waals surface area contributed by atoms with Crippen molar-refractivity contribution in [2.45, 2.75) is 26.5 Å². The molecule has 5 rings (SSSR count). The molecule has 0 N–H and O–H groups in total.